The lowest BCUT2D eigenvalue weighted by Gasteiger charge is -2.18. The van der Waals surface area contributed by atoms with Gasteiger partial charge in [-0.05, 0) is 109 Å². The van der Waals surface area contributed by atoms with Gasteiger partial charge < -0.3 is 14.2 Å². The standard InChI is InChI=1S/C54H94O6/c1-4-7-10-13-16-19-22-25-27-30-32-35-38-41-44-47-53(56)59-50-51(49-58-52(55)46-43-40-37-34-31-28-24-21-18-15-12-9-6-3)60-54(57)48-45-42-39-36-33-29-26-23-20-17-14-11-8-5-2/h16,19,21,23-27,32,35,51H,4-15,17-18,20,22,28-31,33-34,36-50H2,1-3H3/b19-16-,24-21-,26-23-,27-25-,35-32-/t51-/m1/s1. The number of carbonyl (C=O) groups is 3. The third-order valence-electron chi connectivity index (χ3n) is 10.7. The quantitative estimate of drug-likeness (QED) is 0.0263. The van der Waals surface area contributed by atoms with Crippen molar-refractivity contribution in [2.75, 3.05) is 13.2 Å². The molecule has 346 valence electrons. The molecular weight excluding hydrogens is 745 g/mol. The number of rotatable bonds is 45. The lowest BCUT2D eigenvalue weighted by molar-refractivity contribution is -0.167. The molecule has 0 rings (SSSR count). The van der Waals surface area contributed by atoms with Gasteiger partial charge in [-0.25, -0.2) is 0 Å². The Morgan fingerprint density at radius 1 is 0.333 bits per heavy atom. The maximum absolute atomic E-state index is 12.8. The first-order valence-electron chi connectivity index (χ1n) is 25.3. The fourth-order valence-corrected chi connectivity index (χ4v) is 6.85. The highest BCUT2D eigenvalue weighted by Gasteiger charge is 2.19. The number of hydrogen-bond donors (Lipinski definition) is 0. The van der Waals surface area contributed by atoms with Crippen molar-refractivity contribution >= 4 is 17.9 Å². The van der Waals surface area contributed by atoms with E-state index >= 15 is 0 Å². The SMILES string of the molecule is CCCCC/C=C\C/C=C\C/C=C\CCCCC(=O)OC[C@@H](COC(=O)CCCCCCC/C=C\CCCCCC)OC(=O)CCCCCCC/C=C\CCCCCCC. The predicted octanol–water partition coefficient (Wildman–Crippen LogP) is 16.5. The molecule has 0 amide bonds. The van der Waals surface area contributed by atoms with Gasteiger partial charge in [-0.2, -0.15) is 0 Å². The van der Waals surface area contributed by atoms with E-state index in [9.17, 15) is 14.4 Å². The van der Waals surface area contributed by atoms with E-state index in [4.69, 9.17) is 14.2 Å². The molecule has 0 fully saturated rings. The number of unbranched alkanes of at least 4 members (excludes halogenated alkanes) is 24. The normalized spacial score (nSPS) is 12.5. The third-order valence-corrected chi connectivity index (χ3v) is 10.7. The van der Waals surface area contributed by atoms with Crippen LogP contribution >= 0.6 is 0 Å². The Bertz CT molecular complexity index is 1100. The molecule has 0 aromatic carbocycles. The summed E-state index contributed by atoms with van der Waals surface area (Å²) in [6, 6.07) is 0. The van der Waals surface area contributed by atoms with Crippen LogP contribution in [0, 0.1) is 0 Å². The Kier molecular flexibility index (Phi) is 46.4. The molecule has 0 aromatic heterocycles. The molecule has 0 N–H and O–H groups in total. The van der Waals surface area contributed by atoms with E-state index in [0.29, 0.717) is 19.3 Å². The average molecular weight is 839 g/mol. The second kappa shape index (κ2) is 48.8. The van der Waals surface area contributed by atoms with E-state index in [1.807, 2.05) is 0 Å². The Hall–Kier alpha value is -2.89. The Balaban J connectivity index is 4.47. The van der Waals surface area contributed by atoms with Crippen molar-refractivity contribution in [3.05, 3.63) is 60.8 Å². The molecule has 0 heterocycles. The van der Waals surface area contributed by atoms with Gasteiger partial charge in [0, 0.05) is 19.3 Å². The lowest BCUT2D eigenvalue weighted by atomic mass is 10.1. The molecular formula is C54H94O6. The van der Waals surface area contributed by atoms with Crippen LogP contribution in [0.25, 0.3) is 0 Å². The van der Waals surface area contributed by atoms with Crippen LogP contribution in [0.3, 0.4) is 0 Å². The average Bonchev–Trinajstić information content (AvgIpc) is 3.24. The zero-order valence-corrected chi connectivity index (χ0v) is 39.5. The molecule has 0 bridgehead atoms. The first-order valence-corrected chi connectivity index (χ1v) is 25.3. The van der Waals surface area contributed by atoms with Crippen LogP contribution in [0.15, 0.2) is 60.8 Å². The highest BCUT2D eigenvalue weighted by atomic mass is 16.6. The van der Waals surface area contributed by atoms with Gasteiger partial charge in [0.15, 0.2) is 6.10 Å². The molecule has 0 unspecified atom stereocenters. The van der Waals surface area contributed by atoms with E-state index in [1.165, 1.54) is 116 Å². The van der Waals surface area contributed by atoms with Gasteiger partial charge >= 0.3 is 17.9 Å². The number of ether oxygens (including phenoxy) is 3. The molecule has 0 spiro atoms. The summed E-state index contributed by atoms with van der Waals surface area (Å²) in [4.78, 5) is 37.9. The van der Waals surface area contributed by atoms with Crippen molar-refractivity contribution in [2.45, 2.75) is 252 Å². The summed E-state index contributed by atoms with van der Waals surface area (Å²) in [7, 11) is 0. The van der Waals surface area contributed by atoms with Crippen LogP contribution < -0.4 is 0 Å². The van der Waals surface area contributed by atoms with Crippen LogP contribution in [-0.4, -0.2) is 37.2 Å². The van der Waals surface area contributed by atoms with Crippen molar-refractivity contribution in [1.29, 1.82) is 0 Å². The molecule has 60 heavy (non-hydrogen) atoms. The van der Waals surface area contributed by atoms with E-state index in [1.54, 1.807) is 0 Å². The number of allylic oxidation sites excluding steroid dienone is 10. The molecule has 0 radical (unpaired) electrons. The summed E-state index contributed by atoms with van der Waals surface area (Å²) in [6.45, 7) is 6.53. The van der Waals surface area contributed by atoms with Gasteiger partial charge in [-0.3, -0.25) is 14.4 Å². The zero-order chi connectivity index (χ0) is 43.7. The van der Waals surface area contributed by atoms with Crippen molar-refractivity contribution < 1.29 is 28.6 Å². The molecule has 6 heteroatoms. The summed E-state index contributed by atoms with van der Waals surface area (Å²) >= 11 is 0. The Morgan fingerprint density at radius 2 is 0.600 bits per heavy atom. The molecule has 0 saturated carbocycles. The Labute approximate surface area is 370 Å². The maximum atomic E-state index is 12.8. The van der Waals surface area contributed by atoms with Crippen molar-refractivity contribution in [3.63, 3.8) is 0 Å². The van der Waals surface area contributed by atoms with Crippen molar-refractivity contribution in [1.82, 2.24) is 0 Å². The second-order valence-electron chi connectivity index (χ2n) is 16.7. The van der Waals surface area contributed by atoms with E-state index in [-0.39, 0.29) is 31.1 Å². The molecule has 0 aliphatic rings. The minimum absolute atomic E-state index is 0.0939. The van der Waals surface area contributed by atoms with Gasteiger partial charge in [0.25, 0.3) is 0 Å². The van der Waals surface area contributed by atoms with Crippen LogP contribution in [0.5, 0.6) is 0 Å². The van der Waals surface area contributed by atoms with Gasteiger partial charge in [0.05, 0.1) is 0 Å². The van der Waals surface area contributed by atoms with Crippen molar-refractivity contribution in [3.8, 4) is 0 Å². The minimum Gasteiger partial charge on any atom is -0.462 e. The summed E-state index contributed by atoms with van der Waals surface area (Å²) in [6.07, 6.45) is 59.1. The number of esters is 3. The van der Waals surface area contributed by atoms with Crippen LogP contribution in [0.2, 0.25) is 0 Å². The summed E-state index contributed by atoms with van der Waals surface area (Å²) in [5.74, 6) is -0.949. The fourth-order valence-electron chi connectivity index (χ4n) is 6.85. The maximum Gasteiger partial charge on any atom is 0.306 e. The third kappa shape index (κ3) is 46.2. The lowest BCUT2D eigenvalue weighted by Crippen LogP contribution is -2.30. The molecule has 1 atom stereocenters. The zero-order valence-electron chi connectivity index (χ0n) is 39.5. The summed E-state index contributed by atoms with van der Waals surface area (Å²) in [5.41, 5.74) is 0. The highest BCUT2D eigenvalue weighted by Crippen LogP contribution is 2.13. The van der Waals surface area contributed by atoms with Gasteiger partial charge in [-0.1, -0.05) is 178 Å². The number of hydrogen-bond acceptors (Lipinski definition) is 6. The summed E-state index contributed by atoms with van der Waals surface area (Å²) < 4.78 is 16.7. The molecule has 0 saturated heterocycles. The fraction of sp³-hybridized carbons (Fsp3) is 0.759. The van der Waals surface area contributed by atoms with E-state index in [2.05, 4.69) is 81.5 Å². The van der Waals surface area contributed by atoms with E-state index < -0.39 is 6.10 Å². The molecule has 0 aliphatic heterocycles. The first-order chi connectivity index (χ1) is 29.5. The monoisotopic (exact) mass is 839 g/mol. The minimum atomic E-state index is -0.795. The molecule has 0 aliphatic carbocycles. The van der Waals surface area contributed by atoms with Crippen LogP contribution in [0.4, 0.5) is 0 Å². The number of carbonyl (C=O) groups excluding carboxylic acids is 3. The van der Waals surface area contributed by atoms with Crippen LogP contribution in [-0.2, 0) is 28.6 Å². The topological polar surface area (TPSA) is 78.9 Å². The largest absolute Gasteiger partial charge is 0.462 e. The van der Waals surface area contributed by atoms with E-state index in [0.717, 1.165) is 89.9 Å². The van der Waals surface area contributed by atoms with Gasteiger partial charge in [0.1, 0.15) is 13.2 Å². The second-order valence-corrected chi connectivity index (χ2v) is 16.7. The predicted molar refractivity (Wildman–Crippen MR) is 256 cm³/mol. The van der Waals surface area contributed by atoms with Gasteiger partial charge in [0.2, 0.25) is 0 Å². The van der Waals surface area contributed by atoms with Gasteiger partial charge in [-0.15, -0.1) is 0 Å². The van der Waals surface area contributed by atoms with Crippen molar-refractivity contribution in [2.24, 2.45) is 0 Å². The smallest absolute Gasteiger partial charge is 0.306 e. The Morgan fingerprint density at radius 3 is 1.03 bits per heavy atom. The first kappa shape index (κ1) is 57.1. The van der Waals surface area contributed by atoms with Crippen LogP contribution in [0.1, 0.15) is 245 Å². The molecule has 0 aromatic rings. The summed E-state index contributed by atoms with van der Waals surface area (Å²) in [5, 5.41) is 0. The highest BCUT2D eigenvalue weighted by molar-refractivity contribution is 5.71. The molecule has 6 nitrogen and oxygen atoms in total.